The minimum Gasteiger partial charge on any atom is -0.455 e. The summed E-state index contributed by atoms with van der Waals surface area (Å²) in [6.07, 6.45) is 11.2. The summed E-state index contributed by atoms with van der Waals surface area (Å²) < 4.78 is 18.2. The molecular weight excluding hydrogens is 578 g/mol. The average molecular weight is 622 g/mol. The smallest absolute Gasteiger partial charge is 0.313 e. The lowest BCUT2D eigenvalue weighted by atomic mass is 9.74. The fourth-order valence-electron chi connectivity index (χ4n) is 7.95. The molecule has 4 aliphatic heterocycles. The van der Waals surface area contributed by atoms with Crippen molar-refractivity contribution < 1.29 is 38.5 Å². The molecule has 1 spiro atoms. The first kappa shape index (κ1) is 31.4. The van der Waals surface area contributed by atoms with Gasteiger partial charge in [-0.3, -0.25) is 19.2 Å². The maximum Gasteiger partial charge on any atom is 0.313 e. The molecule has 2 saturated heterocycles. The van der Waals surface area contributed by atoms with Gasteiger partial charge in [-0.2, -0.15) is 0 Å². The Labute approximate surface area is 263 Å². The van der Waals surface area contributed by atoms with Crippen LogP contribution < -0.4 is 5.32 Å². The largest absolute Gasteiger partial charge is 0.455 e. The van der Waals surface area contributed by atoms with Crippen LogP contribution in [0.25, 0.3) is 0 Å². The monoisotopic (exact) mass is 621 g/mol. The fourth-order valence-corrected chi connectivity index (χ4v) is 7.95. The van der Waals surface area contributed by atoms with Crippen molar-refractivity contribution in [2.75, 3.05) is 33.4 Å². The lowest BCUT2D eigenvalue weighted by molar-refractivity contribution is -0.162. The summed E-state index contributed by atoms with van der Waals surface area (Å²) in [6, 6.07) is 7.39. The first-order valence-electron chi connectivity index (χ1n) is 16.2. The highest BCUT2D eigenvalue weighted by Gasteiger charge is 2.73. The summed E-state index contributed by atoms with van der Waals surface area (Å²) >= 11 is 0. The Morgan fingerprint density at radius 1 is 1.04 bits per heavy atom. The van der Waals surface area contributed by atoms with Gasteiger partial charge in [0.15, 0.2) is 0 Å². The number of hydrogen-bond acceptors (Lipinski definition) is 8. The molecule has 3 fully saturated rings. The number of amides is 3. The second kappa shape index (κ2) is 13.4. The van der Waals surface area contributed by atoms with Gasteiger partial charge in [-0.05, 0) is 24.8 Å². The highest BCUT2D eigenvalue weighted by atomic mass is 16.6. The highest BCUT2D eigenvalue weighted by Crippen LogP contribution is 2.56. The zero-order valence-corrected chi connectivity index (χ0v) is 25.7. The Balaban J connectivity index is 1.42. The van der Waals surface area contributed by atoms with E-state index in [1.54, 1.807) is 12.2 Å². The standard InChI is InChI=1S/C34H43N3O8/c1-43-21-24-29(22-11-5-2-6-12-22)44-33(42)27-25-16-17-34(45-25)28(27)31(40)37(19-20-38)30(34)32(41)36(23-13-7-3-8-14-23)18-10-4-9-15-26(39)35-24/h2,4-6,10-12,16-17,23-25,27-30,38H,3,7-9,13-15,18-21H2,1H3,(H,35,39)/b10-4-/t24-,25+,27-,28-,29-,30+,34-/m0/s1. The second-order valence-corrected chi connectivity index (χ2v) is 12.6. The zero-order valence-electron chi connectivity index (χ0n) is 25.7. The number of methoxy groups -OCH3 is 1. The molecule has 0 radical (unpaired) electrons. The van der Waals surface area contributed by atoms with Crippen molar-refractivity contribution in [3.8, 4) is 0 Å². The molecule has 1 aliphatic carbocycles. The minimum atomic E-state index is -1.36. The minimum absolute atomic E-state index is 0.00686. The van der Waals surface area contributed by atoms with Gasteiger partial charge in [-0.1, -0.05) is 73.9 Å². The van der Waals surface area contributed by atoms with Gasteiger partial charge in [0.25, 0.3) is 0 Å². The van der Waals surface area contributed by atoms with Crippen molar-refractivity contribution in [3.05, 3.63) is 60.2 Å². The number of β-amino-alcohol motifs (C(OH)–C–C–N with tert-alkyl or cyclic N) is 1. The number of likely N-dealkylation sites (tertiary alicyclic amines) is 1. The van der Waals surface area contributed by atoms with Crippen molar-refractivity contribution in [1.29, 1.82) is 0 Å². The van der Waals surface area contributed by atoms with Crippen LogP contribution in [0.15, 0.2) is 54.6 Å². The summed E-state index contributed by atoms with van der Waals surface area (Å²) in [6.45, 7) is 0.0192. The molecule has 6 rings (SSSR count). The quantitative estimate of drug-likeness (QED) is 0.364. The van der Waals surface area contributed by atoms with Crippen molar-refractivity contribution in [3.63, 3.8) is 0 Å². The van der Waals surface area contributed by atoms with E-state index in [4.69, 9.17) is 14.2 Å². The molecule has 3 amide bonds. The number of benzene rings is 1. The lowest BCUT2D eigenvalue weighted by Crippen LogP contribution is -2.58. The fraction of sp³-hybridized carbons (Fsp3) is 0.588. The molecule has 5 aliphatic rings. The molecule has 5 bridgehead atoms. The van der Waals surface area contributed by atoms with Crippen LogP contribution in [0.4, 0.5) is 0 Å². The topological polar surface area (TPSA) is 135 Å². The molecule has 1 aromatic carbocycles. The maximum atomic E-state index is 14.6. The SMILES string of the molecule is COC[C@@H]1NC(=O)CC/C=C\CN(C2CCCCC2)C(=O)[C@H]2N(CCO)C(=O)[C@@H]3[C@@H](C(=O)O[C@H]1c1ccccc1)[C@H]1C=C[C@]32O1. The summed E-state index contributed by atoms with van der Waals surface area (Å²) in [4.78, 5) is 59.4. The Bertz CT molecular complexity index is 1330. The molecule has 1 aromatic rings. The van der Waals surface area contributed by atoms with Crippen LogP contribution >= 0.6 is 0 Å². The van der Waals surface area contributed by atoms with Gasteiger partial charge in [0.2, 0.25) is 17.7 Å². The van der Waals surface area contributed by atoms with Crippen molar-refractivity contribution in [1.82, 2.24) is 15.1 Å². The average Bonchev–Trinajstić information content (AvgIpc) is 3.69. The van der Waals surface area contributed by atoms with Crippen molar-refractivity contribution in [2.45, 2.75) is 80.9 Å². The highest BCUT2D eigenvalue weighted by molar-refractivity contribution is 5.99. The van der Waals surface area contributed by atoms with Crippen LogP contribution in [0, 0.1) is 11.8 Å². The van der Waals surface area contributed by atoms with E-state index in [-0.39, 0.29) is 44.0 Å². The Hall–Kier alpha value is -3.54. The van der Waals surface area contributed by atoms with Crippen molar-refractivity contribution in [2.24, 2.45) is 11.8 Å². The van der Waals surface area contributed by atoms with Gasteiger partial charge >= 0.3 is 5.97 Å². The Morgan fingerprint density at radius 3 is 2.56 bits per heavy atom. The number of ether oxygens (including phenoxy) is 3. The third-order valence-corrected chi connectivity index (χ3v) is 9.96. The first-order chi connectivity index (χ1) is 21.9. The van der Waals surface area contributed by atoms with E-state index in [9.17, 15) is 24.3 Å². The summed E-state index contributed by atoms with van der Waals surface area (Å²) in [5.74, 6) is -3.53. The van der Waals surface area contributed by atoms with Gasteiger partial charge < -0.3 is 34.4 Å². The van der Waals surface area contributed by atoms with Crippen LogP contribution in [0.3, 0.4) is 0 Å². The molecule has 0 unspecified atom stereocenters. The van der Waals surface area contributed by atoms with E-state index < -0.39 is 53.6 Å². The van der Waals surface area contributed by atoms with Gasteiger partial charge in [0.05, 0.1) is 31.3 Å². The number of rotatable bonds is 6. The lowest BCUT2D eigenvalue weighted by Gasteiger charge is -2.40. The second-order valence-electron chi connectivity index (χ2n) is 12.6. The van der Waals surface area contributed by atoms with Gasteiger partial charge in [-0.25, -0.2) is 0 Å². The van der Waals surface area contributed by atoms with Crippen LogP contribution in [-0.2, 0) is 33.4 Å². The Morgan fingerprint density at radius 2 is 1.82 bits per heavy atom. The zero-order chi connectivity index (χ0) is 31.6. The molecule has 4 heterocycles. The summed E-state index contributed by atoms with van der Waals surface area (Å²) in [5, 5.41) is 13.0. The number of hydrogen-bond donors (Lipinski definition) is 2. The van der Waals surface area contributed by atoms with Crippen LogP contribution in [-0.4, -0.2) is 102 Å². The number of esters is 1. The van der Waals surface area contributed by atoms with Crippen molar-refractivity contribution >= 4 is 23.7 Å². The third kappa shape index (κ3) is 5.81. The van der Waals surface area contributed by atoms with E-state index in [2.05, 4.69) is 5.32 Å². The number of cyclic esters (lactones) is 1. The first-order valence-corrected chi connectivity index (χ1v) is 16.2. The van der Waals surface area contributed by atoms with E-state index in [0.717, 1.165) is 32.1 Å². The summed E-state index contributed by atoms with van der Waals surface area (Å²) in [5.41, 5.74) is -0.693. The molecule has 242 valence electrons. The number of fused-ring (bicyclic) bond motifs is 2. The number of aliphatic hydroxyl groups is 1. The van der Waals surface area contributed by atoms with Crippen LogP contribution in [0.1, 0.15) is 56.6 Å². The molecule has 2 N–H and O–H groups in total. The molecule has 1 saturated carbocycles. The summed E-state index contributed by atoms with van der Waals surface area (Å²) in [7, 11) is 1.52. The van der Waals surface area contributed by atoms with Crippen LogP contribution in [0.2, 0.25) is 0 Å². The number of aliphatic hydroxyl groups excluding tert-OH is 1. The van der Waals surface area contributed by atoms with Gasteiger partial charge in [-0.15, -0.1) is 0 Å². The van der Waals surface area contributed by atoms with E-state index in [1.165, 1.54) is 12.0 Å². The van der Waals surface area contributed by atoms with E-state index in [1.807, 2.05) is 47.4 Å². The maximum absolute atomic E-state index is 14.6. The van der Waals surface area contributed by atoms with E-state index >= 15 is 0 Å². The molecule has 0 aromatic heterocycles. The number of nitrogens with one attached hydrogen (secondary N) is 1. The predicted octanol–water partition coefficient (Wildman–Crippen LogP) is 2.06. The molecular formula is C34H43N3O8. The normalized spacial score (nSPS) is 35.0. The molecule has 7 atom stereocenters. The predicted molar refractivity (Wildman–Crippen MR) is 162 cm³/mol. The van der Waals surface area contributed by atoms with Gasteiger partial charge in [0.1, 0.15) is 23.7 Å². The Kier molecular flexibility index (Phi) is 9.39. The molecule has 45 heavy (non-hydrogen) atoms. The third-order valence-electron chi connectivity index (χ3n) is 9.96. The number of carbonyl (C=O) groups excluding carboxylic acids is 4. The number of allylic oxidation sites excluding steroid dienone is 1. The van der Waals surface area contributed by atoms with Gasteiger partial charge in [0, 0.05) is 32.7 Å². The number of carbonyl (C=O) groups is 4. The molecule has 11 heteroatoms. The van der Waals surface area contributed by atoms with E-state index in [0.29, 0.717) is 18.5 Å². The molecule has 11 nitrogen and oxygen atoms in total. The van der Waals surface area contributed by atoms with Crippen LogP contribution in [0.5, 0.6) is 0 Å². The number of nitrogens with zero attached hydrogens (tertiary/aromatic N) is 2.